The molecular formula is C15H8F2N2O2S. The summed E-state index contributed by atoms with van der Waals surface area (Å²) in [7, 11) is 0. The Kier molecular flexibility index (Phi) is 3.64. The summed E-state index contributed by atoms with van der Waals surface area (Å²) in [5, 5.41) is 11.3. The van der Waals surface area contributed by atoms with Crippen molar-refractivity contribution in [1.82, 2.24) is 4.98 Å². The Morgan fingerprint density at radius 1 is 1.18 bits per heavy atom. The standard InChI is InChI=1S/C15H8F2N2O2S/c16-11-3-1-2-9(15(11)17)4-7-14-18-12-8-10(19(20)21)5-6-13(12)22-14/h1-8H/b7-4+. The van der Waals surface area contributed by atoms with Gasteiger partial charge in [-0.3, -0.25) is 10.1 Å². The van der Waals surface area contributed by atoms with Crippen LogP contribution < -0.4 is 0 Å². The highest BCUT2D eigenvalue weighted by atomic mass is 32.1. The maximum Gasteiger partial charge on any atom is 0.271 e. The lowest BCUT2D eigenvalue weighted by Gasteiger charge is -1.96. The Hall–Kier alpha value is -2.67. The first-order valence-corrected chi connectivity index (χ1v) is 7.03. The quantitative estimate of drug-likeness (QED) is 0.521. The molecule has 0 radical (unpaired) electrons. The van der Waals surface area contributed by atoms with Crippen LogP contribution in [-0.2, 0) is 0 Å². The Bertz CT molecular complexity index is 906. The lowest BCUT2D eigenvalue weighted by molar-refractivity contribution is -0.384. The number of fused-ring (bicyclic) bond motifs is 1. The second kappa shape index (κ2) is 5.61. The van der Waals surface area contributed by atoms with E-state index < -0.39 is 16.6 Å². The van der Waals surface area contributed by atoms with Crippen molar-refractivity contribution in [2.75, 3.05) is 0 Å². The first-order chi connectivity index (χ1) is 10.5. The van der Waals surface area contributed by atoms with Crippen LogP contribution in [0, 0.1) is 21.7 Å². The highest BCUT2D eigenvalue weighted by molar-refractivity contribution is 7.19. The molecule has 0 aliphatic carbocycles. The molecule has 0 atom stereocenters. The van der Waals surface area contributed by atoms with E-state index in [4.69, 9.17) is 0 Å². The Morgan fingerprint density at radius 3 is 2.77 bits per heavy atom. The highest BCUT2D eigenvalue weighted by Crippen LogP contribution is 2.27. The molecule has 1 aromatic heterocycles. The molecule has 0 saturated carbocycles. The summed E-state index contributed by atoms with van der Waals surface area (Å²) in [6.07, 6.45) is 2.97. The maximum atomic E-state index is 13.5. The van der Waals surface area contributed by atoms with Gasteiger partial charge >= 0.3 is 0 Å². The van der Waals surface area contributed by atoms with Crippen molar-refractivity contribution in [2.45, 2.75) is 0 Å². The van der Waals surface area contributed by atoms with Crippen molar-refractivity contribution >= 4 is 39.4 Å². The third-order valence-electron chi connectivity index (χ3n) is 2.99. The number of nitro groups is 1. The smallest absolute Gasteiger partial charge is 0.258 e. The normalized spacial score (nSPS) is 11.4. The molecule has 22 heavy (non-hydrogen) atoms. The summed E-state index contributed by atoms with van der Waals surface area (Å²) in [6, 6.07) is 8.31. The van der Waals surface area contributed by atoms with Gasteiger partial charge < -0.3 is 0 Å². The Labute approximate surface area is 127 Å². The number of thiazole rings is 1. The van der Waals surface area contributed by atoms with Crippen molar-refractivity contribution in [3.8, 4) is 0 Å². The highest BCUT2D eigenvalue weighted by Gasteiger charge is 2.09. The van der Waals surface area contributed by atoms with Crippen LogP contribution in [0.2, 0.25) is 0 Å². The SMILES string of the molecule is O=[N+]([O-])c1ccc2sc(/C=C/c3cccc(F)c3F)nc2c1. The summed E-state index contributed by atoms with van der Waals surface area (Å²) >= 11 is 1.31. The van der Waals surface area contributed by atoms with Gasteiger partial charge in [0.2, 0.25) is 0 Å². The van der Waals surface area contributed by atoms with Crippen LogP contribution in [0.4, 0.5) is 14.5 Å². The van der Waals surface area contributed by atoms with E-state index in [0.717, 1.165) is 10.8 Å². The van der Waals surface area contributed by atoms with Crippen molar-refractivity contribution in [3.05, 3.63) is 68.7 Å². The number of rotatable bonds is 3. The average Bonchev–Trinajstić information content (AvgIpc) is 2.90. The zero-order valence-electron chi connectivity index (χ0n) is 11.0. The number of non-ortho nitro benzene ring substituents is 1. The molecule has 1 heterocycles. The van der Waals surface area contributed by atoms with Gasteiger partial charge in [0, 0.05) is 17.7 Å². The minimum atomic E-state index is -0.921. The van der Waals surface area contributed by atoms with Crippen molar-refractivity contribution in [3.63, 3.8) is 0 Å². The van der Waals surface area contributed by atoms with Gasteiger partial charge in [-0.2, -0.15) is 0 Å². The van der Waals surface area contributed by atoms with Crippen molar-refractivity contribution < 1.29 is 13.7 Å². The number of benzene rings is 2. The molecule has 0 saturated heterocycles. The van der Waals surface area contributed by atoms with Gasteiger partial charge in [0.05, 0.1) is 15.1 Å². The monoisotopic (exact) mass is 318 g/mol. The van der Waals surface area contributed by atoms with Gasteiger partial charge in [0.25, 0.3) is 5.69 Å². The first-order valence-electron chi connectivity index (χ1n) is 6.21. The number of nitrogens with zero attached hydrogens (tertiary/aromatic N) is 2. The molecule has 0 unspecified atom stereocenters. The third-order valence-corrected chi connectivity index (χ3v) is 3.99. The van der Waals surface area contributed by atoms with Crippen LogP contribution in [0.5, 0.6) is 0 Å². The number of halogens is 2. The minimum absolute atomic E-state index is 0.0375. The van der Waals surface area contributed by atoms with Crippen LogP contribution in [-0.4, -0.2) is 9.91 Å². The molecular weight excluding hydrogens is 310 g/mol. The zero-order chi connectivity index (χ0) is 15.7. The molecule has 7 heteroatoms. The van der Waals surface area contributed by atoms with E-state index >= 15 is 0 Å². The summed E-state index contributed by atoms with van der Waals surface area (Å²) in [5.41, 5.74) is 0.577. The van der Waals surface area contributed by atoms with Crippen LogP contribution in [0.1, 0.15) is 10.6 Å². The Morgan fingerprint density at radius 2 is 2.00 bits per heavy atom. The second-order valence-corrected chi connectivity index (χ2v) is 5.50. The van der Waals surface area contributed by atoms with E-state index in [0.29, 0.717) is 10.5 Å². The molecule has 0 fully saturated rings. The number of aromatic nitrogens is 1. The molecule has 4 nitrogen and oxygen atoms in total. The molecule has 2 aromatic carbocycles. The van der Waals surface area contributed by atoms with Crippen LogP contribution in [0.25, 0.3) is 22.4 Å². The lowest BCUT2D eigenvalue weighted by atomic mass is 10.2. The topological polar surface area (TPSA) is 56.0 Å². The molecule has 0 bridgehead atoms. The number of nitro benzene ring substituents is 1. The van der Waals surface area contributed by atoms with E-state index in [9.17, 15) is 18.9 Å². The summed E-state index contributed by atoms with van der Waals surface area (Å²) in [4.78, 5) is 14.5. The van der Waals surface area contributed by atoms with E-state index in [1.807, 2.05) is 0 Å². The fourth-order valence-electron chi connectivity index (χ4n) is 1.93. The van der Waals surface area contributed by atoms with Gasteiger partial charge in [-0.25, -0.2) is 13.8 Å². The molecule has 0 N–H and O–H groups in total. The number of hydrogen-bond acceptors (Lipinski definition) is 4. The van der Waals surface area contributed by atoms with Crippen LogP contribution in [0.3, 0.4) is 0 Å². The molecule has 3 aromatic rings. The lowest BCUT2D eigenvalue weighted by Crippen LogP contribution is -1.87. The van der Waals surface area contributed by atoms with Gasteiger partial charge in [-0.1, -0.05) is 12.1 Å². The van der Waals surface area contributed by atoms with Crippen molar-refractivity contribution in [1.29, 1.82) is 0 Å². The van der Waals surface area contributed by atoms with Crippen LogP contribution >= 0.6 is 11.3 Å². The van der Waals surface area contributed by atoms with Crippen molar-refractivity contribution in [2.24, 2.45) is 0 Å². The molecule has 110 valence electrons. The van der Waals surface area contributed by atoms with E-state index in [1.54, 1.807) is 12.1 Å². The Balaban J connectivity index is 1.95. The van der Waals surface area contributed by atoms with Gasteiger partial charge in [-0.15, -0.1) is 11.3 Å². The maximum absolute atomic E-state index is 13.5. The molecule has 0 aliphatic heterocycles. The predicted octanol–water partition coefficient (Wildman–Crippen LogP) is 4.65. The summed E-state index contributed by atoms with van der Waals surface area (Å²) in [5.74, 6) is -1.84. The molecule has 3 rings (SSSR count). The first kappa shape index (κ1) is 14.3. The fraction of sp³-hybridized carbons (Fsp3) is 0. The average molecular weight is 318 g/mol. The van der Waals surface area contributed by atoms with Gasteiger partial charge in [0.15, 0.2) is 11.6 Å². The summed E-state index contributed by atoms with van der Waals surface area (Å²) in [6.45, 7) is 0. The molecule has 0 amide bonds. The van der Waals surface area contributed by atoms with Crippen LogP contribution in [0.15, 0.2) is 36.4 Å². The zero-order valence-corrected chi connectivity index (χ0v) is 11.8. The van der Waals surface area contributed by atoms with E-state index in [-0.39, 0.29) is 11.3 Å². The largest absolute Gasteiger partial charge is 0.271 e. The minimum Gasteiger partial charge on any atom is -0.258 e. The summed E-state index contributed by atoms with van der Waals surface area (Å²) < 4.78 is 27.4. The van der Waals surface area contributed by atoms with E-state index in [2.05, 4.69) is 4.98 Å². The molecule has 0 spiro atoms. The van der Waals surface area contributed by atoms with Gasteiger partial charge in [-0.05, 0) is 24.3 Å². The number of hydrogen-bond donors (Lipinski definition) is 0. The predicted molar refractivity (Wildman–Crippen MR) is 81.6 cm³/mol. The molecule has 0 aliphatic rings. The fourth-order valence-corrected chi connectivity index (χ4v) is 2.78. The van der Waals surface area contributed by atoms with E-state index in [1.165, 1.54) is 41.7 Å². The van der Waals surface area contributed by atoms with Gasteiger partial charge in [0.1, 0.15) is 5.01 Å². The second-order valence-electron chi connectivity index (χ2n) is 4.44. The third kappa shape index (κ3) is 2.71.